The molecule has 0 N–H and O–H groups in total. The summed E-state index contributed by atoms with van der Waals surface area (Å²) in [6, 6.07) is 0. The molecule has 0 saturated heterocycles. The first-order chi connectivity index (χ1) is 12.8. The van der Waals surface area contributed by atoms with Gasteiger partial charge >= 0.3 is 33.2 Å². The summed E-state index contributed by atoms with van der Waals surface area (Å²) in [4.78, 5) is 16.3. The molecule has 0 unspecified atom stereocenters. The molecule has 1 rings (SSSR count). The predicted octanol–water partition coefficient (Wildman–Crippen LogP) is 4.80. The number of nitro groups is 2. The van der Waals surface area contributed by atoms with Gasteiger partial charge in [0, 0.05) is 6.42 Å². The van der Waals surface area contributed by atoms with Crippen molar-refractivity contribution in [3.05, 3.63) is 32.0 Å². The normalized spacial score (nSPS) is 16.7. The molecule has 0 aliphatic carbocycles. The summed E-state index contributed by atoms with van der Waals surface area (Å²) in [7, 11) is -12.6. The smallest absolute Gasteiger partial charge is 0.419 e. The van der Waals surface area contributed by atoms with E-state index in [1.54, 1.807) is 0 Å². The maximum atomic E-state index is 13.5. The van der Waals surface area contributed by atoms with Crippen molar-refractivity contribution in [1.29, 1.82) is 0 Å². The number of aromatic nitrogens is 2. The summed E-state index contributed by atoms with van der Waals surface area (Å²) in [5.74, 6) is -24.0. The van der Waals surface area contributed by atoms with E-state index < -0.39 is 67.7 Å². The third-order valence-electron chi connectivity index (χ3n) is 3.20. The number of hydrogen-bond donors (Lipinski definition) is 0. The molecule has 22 heteroatoms. The molecule has 0 radical (unpaired) electrons. The lowest BCUT2D eigenvalue weighted by Gasteiger charge is -2.48. The Bertz CT molecular complexity index is 856. The Balaban J connectivity index is 3.30. The van der Waals surface area contributed by atoms with Gasteiger partial charge in [-0.15, -0.1) is 10.2 Å². The molecular formula is C8H4F12N4O5S. The molecule has 0 aliphatic rings. The third-order valence-corrected chi connectivity index (χ3v) is 4.42. The van der Waals surface area contributed by atoms with Crippen LogP contribution in [0.3, 0.4) is 0 Å². The first kappa shape index (κ1) is 25.5. The molecule has 0 fully saturated rings. The van der Waals surface area contributed by atoms with Crippen LogP contribution in [0.15, 0.2) is 4.42 Å². The van der Waals surface area contributed by atoms with E-state index >= 15 is 0 Å². The summed E-state index contributed by atoms with van der Waals surface area (Å²) in [5, 5.41) is 16.3. The summed E-state index contributed by atoms with van der Waals surface area (Å²) >= 11 is 0. The first-order valence-corrected chi connectivity index (χ1v) is 8.44. The molecule has 0 atom stereocenters. The van der Waals surface area contributed by atoms with Gasteiger partial charge in [0.2, 0.25) is 5.89 Å². The highest BCUT2D eigenvalue weighted by Crippen LogP contribution is 3.06. The van der Waals surface area contributed by atoms with Crippen LogP contribution in [-0.2, 0) is 12.3 Å². The van der Waals surface area contributed by atoms with E-state index in [1.807, 2.05) is 5.10 Å². The van der Waals surface area contributed by atoms with E-state index in [9.17, 15) is 70.4 Å². The quantitative estimate of drug-likeness (QED) is 0.158. The highest BCUT2D eigenvalue weighted by atomic mass is 32.5. The summed E-state index contributed by atoms with van der Waals surface area (Å²) in [6.45, 7) is 0. The molecule has 176 valence electrons. The van der Waals surface area contributed by atoms with E-state index in [4.69, 9.17) is 0 Å². The fraction of sp³-hybridized carbons (Fsp3) is 0.750. The summed E-state index contributed by atoms with van der Waals surface area (Å²) in [5.41, 5.74) is 0. The number of rotatable bonds is 9. The lowest BCUT2D eigenvalue weighted by atomic mass is 10.1. The molecule has 0 amide bonds. The summed E-state index contributed by atoms with van der Waals surface area (Å²) in [6.07, 6.45) is -3.43. The third kappa shape index (κ3) is 3.78. The second kappa shape index (κ2) is 6.00. The number of hydrogen-bond acceptors (Lipinski definition) is 7. The van der Waals surface area contributed by atoms with E-state index in [2.05, 4.69) is 9.52 Å². The molecule has 9 nitrogen and oxygen atoms in total. The van der Waals surface area contributed by atoms with Gasteiger partial charge in [-0.1, -0.05) is 23.8 Å². The van der Waals surface area contributed by atoms with Crippen LogP contribution < -0.4 is 0 Å². The molecule has 1 aromatic rings. The number of nitrogens with zero attached hydrogens (tertiary/aromatic N) is 4. The highest BCUT2D eigenvalue weighted by Gasteiger charge is 2.96. The minimum atomic E-state index is -12.6. The molecule has 0 bridgehead atoms. The molecule has 30 heavy (non-hydrogen) atoms. The zero-order valence-electron chi connectivity index (χ0n) is 13.2. The van der Waals surface area contributed by atoms with Crippen LogP contribution in [0.4, 0.5) is 50.2 Å². The Kier molecular flexibility index (Phi) is 5.09. The maximum absolute atomic E-state index is 13.5. The fourth-order valence-electron chi connectivity index (χ4n) is 1.56. The monoisotopic (exact) mass is 496 g/mol. The van der Waals surface area contributed by atoms with Crippen molar-refractivity contribution in [2.45, 2.75) is 35.9 Å². The standard InChI is InChI=1S/C8H4F12N4O5S/c9-5(23(25)26,24(27)28)2-1-3-21-22-4(29-3)6(10,11)7(12,13)8(14,15)30(16,17,18,19)20/h1-2H2. The van der Waals surface area contributed by atoms with Crippen molar-refractivity contribution in [2.75, 3.05) is 0 Å². The van der Waals surface area contributed by atoms with Crippen molar-refractivity contribution in [1.82, 2.24) is 10.2 Å². The van der Waals surface area contributed by atoms with Crippen LogP contribution in [0.2, 0.25) is 0 Å². The van der Waals surface area contributed by atoms with Crippen LogP contribution in [-0.4, -0.2) is 37.1 Å². The molecule has 0 spiro atoms. The van der Waals surface area contributed by atoms with Gasteiger partial charge in [0.05, 0.1) is 0 Å². The van der Waals surface area contributed by atoms with Crippen LogP contribution in [0.5, 0.6) is 0 Å². The van der Waals surface area contributed by atoms with Crippen molar-refractivity contribution in [3.63, 3.8) is 0 Å². The summed E-state index contributed by atoms with van der Waals surface area (Å²) < 4.78 is 157. The van der Waals surface area contributed by atoms with Crippen molar-refractivity contribution in [2.24, 2.45) is 0 Å². The van der Waals surface area contributed by atoms with Crippen LogP contribution in [0.1, 0.15) is 18.2 Å². The van der Waals surface area contributed by atoms with Crippen LogP contribution in [0, 0.1) is 20.2 Å². The minimum absolute atomic E-state index is 1.55. The average Bonchev–Trinajstić information content (AvgIpc) is 2.98. The van der Waals surface area contributed by atoms with Crippen LogP contribution >= 0.6 is 10.2 Å². The Morgan fingerprint density at radius 1 is 0.867 bits per heavy atom. The van der Waals surface area contributed by atoms with Crippen molar-refractivity contribution < 1.29 is 64.4 Å². The molecule has 1 heterocycles. The lowest BCUT2D eigenvalue weighted by molar-refractivity contribution is -0.832. The van der Waals surface area contributed by atoms with Crippen LogP contribution in [0.25, 0.3) is 0 Å². The van der Waals surface area contributed by atoms with Gasteiger partial charge < -0.3 is 4.42 Å². The fourth-order valence-corrected chi connectivity index (χ4v) is 2.17. The SMILES string of the molecule is O=[N+]([O-])C(F)(CCc1nnc(C(F)(F)C(F)(F)C(F)(F)S(F)(F)(F)(F)F)o1)[N+](=O)[O-]. The van der Waals surface area contributed by atoms with Crippen molar-refractivity contribution in [3.8, 4) is 0 Å². The van der Waals surface area contributed by atoms with Gasteiger partial charge in [0.25, 0.3) is 5.89 Å². The average molecular weight is 496 g/mol. The molecular weight excluding hydrogens is 492 g/mol. The first-order valence-electron chi connectivity index (χ1n) is 6.49. The Morgan fingerprint density at radius 3 is 1.67 bits per heavy atom. The Hall–Kier alpha value is -2.55. The lowest BCUT2D eigenvalue weighted by Crippen LogP contribution is -2.57. The minimum Gasteiger partial charge on any atom is -0.419 e. The van der Waals surface area contributed by atoms with Crippen molar-refractivity contribution >= 4 is 10.2 Å². The number of halogens is 12. The number of alkyl halides is 7. The van der Waals surface area contributed by atoms with Gasteiger partial charge in [0.15, 0.2) is 0 Å². The van der Waals surface area contributed by atoms with Gasteiger partial charge in [-0.05, 0) is 0 Å². The highest BCUT2D eigenvalue weighted by molar-refractivity contribution is 8.46. The van der Waals surface area contributed by atoms with Gasteiger partial charge in [-0.25, -0.2) is 0 Å². The maximum Gasteiger partial charge on any atom is 0.614 e. The second-order valence-electron chi connectivity index (χ2n) is 5.37. The van der Waals surface area contributed by atoms with Gasteiger partial charge in [-0.2, -0.15) is 26.3 Å². The largest absolute Gasteiger partial charge is 0.614 e. The van der Waals surface area contributed by atoms with E-state index in [0.717, 1.165) is 0 Å². The Labute approximate surface area is 154 Å². The predicted molar refractivity (Wildman–Crippen MR) is 67.4 cm³/mol. The zero-order valence-corrected chi connectivity index (χ0v) is 14.0. The Morgan fingerprint density at radius 2 is 1.30 bits per heavy atom. The van der Waals surface area contributed by atoms with E-state index in [-0.39, 0.29) is 0 Å². The topological polar surface area (TPSA) is 125 Å². The zero-order chi connectivity index (χ0) is 24.3. The second-order valence-corrected chi connectivity index (χ2v) is 7.82. The number of aryl methyl sites for hydroxylation is 1. The van der Waals surface area contributed by atoms with Gasteiger partial charge in [-0.3, -0.25) is 20.2 Å². The molecule has 0 aromatic carbocycles. The molecule has 0 aliphatic heterocycles. The van der Waals surface area contributed by atoms with E-state index in [1.165, 1.54) is 0 Å². The van der Waals surface area contributed by atoms with E-state index in [0.29, 0.717) is 0 Å². The van der Waals surface area contributed by atoms with Gasteiger partial charge in [0.1, 0.15) is 16.3 Å². The molecule has 1 aromatic heterocycles. The molecule has 0 saturated carbocycles.